The molecule has 0 aliphatic heterocycles. The predicted molar refractivity (Wildman–Crippen MR) is 74.7 cm³/mol. The Morgan fingerprint density at radius 2 is 2.06 bits per heavy atom. The van der Waals surface area contributed by atoms with Gasteiger partial charge in [-0.15, -0.1) is 11.3 Å². The largest absolute Gasteiger partial charge is 0.490 e. The molecule has 0 N–H and O–H groups in total. The minimum absolute atomic E-state index is 0.0318. The van der Waals surface area contributed by atoms with E-state index in [4.69, 9.17) is 4.74 Å². The second kappa shape index (κ2) is 5.36. The molecule has 0 bridgehead atoms. The van der Waals surface area contributed by atoms with Gasteiger partial charge in [-0.2, -0.15) is 0 Å². The fraction of sp³-hybridized carbons (Fsp3) is 0.267. The molecule has 3 heteroatoms. The number of ether oxygens (including phenoxy) is 1. The van der Waals surface area contributed by atoms with Crippen LogP contribution in [0, 0.1) is 6.92 Å². The summed E-state index contributed by atoms with van der Waals surface area (Å²) in [5.41, 5.74) is 1.71. The van der Waals surface area contributed by atoms with Gasteiger partial charge in [0.15, 0.2) is 0 Å². The molecule has 0 spiro atoms. The highest BCUT2D eigenvalue weighted by Crippen LogP contribution is 2.25. The summed E-state index contributed by atoms with van der Waals surface area (Å²) in [7, 11) is 0. The summed E-state index contributed by atoms with van der Waals surface area (Å²) in [6.45, 7) is 5.89. The van der Waals surface area contributed by atoms with E-state index < -0.39 is 0 Å². The van der Waals surface area contributed by atoms with Gasteiger partial charge in [0, 0.05) is 0 Å². The van der Waals surface area contributed by atoms with Gasteiger partial charge < -0.3 is 4.74 Å². The van der Waals surface area contributed by atoms with Gasteiger partial charge in [-0.3, -0.25) is 4.79 Å². The summed E-state index contributed by atoms with van der Waals surface area (Å²) in [5, 5.41) is 1.91. The van der Waals surface area contributed by atoms with Crippen LogP contribution in [0.5, 0.6) is 5.75 Å². The Balaban J connectivity index is 2.41. The van der Waals surface area contributed by atoms with Gasteiger partial charge in [0.05, 0.1) is 16.5 Å². The maximum absolute atomic E-state index is 12.4. The Hall–Kier alpha value is -1.61. The van der Waals surface area contributed by atoms with Gasteiger partial charge in [0.1, 0.15) is 5.75 Å². The number of rotatable bonds is 4. The van der Waals surface area contributed by atoms with Crippen molar-refractivity contribution in [2.75, 3.05) is 0 Å². The van der Waals surface area contributed by atoms with E-state index >= 15 is 0 Å². The molecule has 18 heavy (non-hydrogen) atoms. The van der Waals surface area contributed by atoms with Crippen LogP contribution in [0.1, 0.15) is 34.6 Å². The number of carbonyl (C=O) groups excluding carboxylic acids is 1. The second-order valence-electron chi connectivity index (χ2n) is 4.47. The van der Waals surface area contributed by atoms with Crippen molar-refractivity contribution in [2.45, 2.75) is 26.9 Å². The standard InChI is InChI=1S/C15H16O2S/c1-10(2)17-13-7-6-11(3)9-12(13)15(16)14-5-4-8-18-14/h4-10H,1-3H3. The first-order valence-electron chi connectivity index (χ1n) is 5.93. The van der Waals surface area contributed by atoms with E-state index in [-0.39, 0.29) is 11.9 Å². The lowest BCUT2D eigenvalue weighted by Crippen LogP contribution is -2.10. The third-order valence-corrected chi connectivity index (χ3v) is 3.36. The number of ketones is 1. The van der Waals surface area contributed by atoms with Crippen molar-refractivity contribution in [3.8, 4) is 5.75 Å². The molecule has 0 fully saturated rings. The van der Waals surface area contributed by atoms with E-state index in [0.29, 0.717) is 11.3 Å². The molecule has 2 rings (SSSR count). The molecular weight excluding hydrogens is 244 g/mol. The predicted octanol–water partition coefficient (Wildman–Crippen LogP) is 4.07. The smallest absolute Gasteiger partial charge is 0.206 e. The van der Waals surface area contributed by atoms with Gasteiger partial charge in [-0.1, -0.05) is 17.7 Å². The molecule has 1 aromatic heterocycles. The number of hydrogen-bond acceptors (Lipinski definition) is 3. The van der Waals surface area contributed by atoms with Crippen molar-refractivity contribution in [2.24, 2.45) is 0 Å². The lowest BCUT2D eigenvalue weighted by Gasteiger charge is -2.13. The van der Waals surface area contributed by atoms with Crippen molar-refractivity contribution < 1.29 is 9.53 Å². The average Bonchev–Trinajstić information content (AvgIpc) is 2.83. The Kier molecular flexibility index (Phi) is 3.82. The van der Waals surface area contributed by atoms with Crippen molar-refractivity contribution in [1.82, 2.24) is 0 Å². The number of carbonyl (C=O) groups is 1. The minimum Gasteiger partial charge on any atom is -0.490 e. The summed E-state index contributed by atoms with van der Waals surface area (Å²) in [6, 6.07) is 9.45. The number of hydrogen-bond donors (Lipinski definition) is 0. The van der Waals surface area contributed by atoms with Crippen LogP contribution in [-0.4, -0.2) is 11.9 Å². The molecule has 94 valence electrons. The summed E-state index contributed by atoms with van der Waals surface area (Å²) in [5.74, 6) is 0.693. The SMILES string of the molecule is Cc1ccc(OC(C)C)c(C(=O)c2cccs2)c1. The average molecular weight is 260 g/mol. The van der Waals surface area contributed by atoms with E-state index in [1.54, 1.807) is 0 Å². The van der Waals surface area contributed by atoms with Crippen molar-refractivity contribution in [3.05, 3.63) is 51.7 Å². The molecular formula is C15H16O2S. The van der Waals surface area contributed by atoms with Crippen LogP contribution < -0.4 is 4.74 Å². The highest BCUT2D eigenvalue weighted by molar-refractivity contribution is 7.12. The molecule has 1 aromatic carbocycles. The highest BCUT2D eigenvalue weighted by Gasteiger charge is 2.16. The van der Waals surface area contributed by atoms with Gasteiger partial charge in [-0.05, 0) is 44.4 Å². The molecule has 0 radical (unpaired) electrons. The van der Waals surface area contributed by atoms with Crippen molar-refractivity contribution >= 4 is 17.1 Å². The monoisotopic (exact) mass is 260 g/mol. The maximum Gasteiger partial charge on any atom is 0.206 e. The molecule has 0 saturated carbocycles. The zero-order chi connectivity index (χ0) is 13.1. The lowest BCUT2D eigenvalue weighted by atomic mass is 10.1. The Labute approximate surface area is 111 Å². The molecule has 0 aliphatic rings. The van der Waals surface area contributed by atoms with Crippen LogP contribution in [-0.2, 0) is 0 Å². The van der Waals surface area contributed by atoms with Gasteiger partial charge in [-0.25, -0.2) is 0 Å². The summed E-state index contributed by atoms with van der Waals surface area (Å²) < 4.78 is 5.70. The zero-order valence-corrected chi connectivity index (χ0v) is 11.6. The van der Waals surface area contributed by atoms with Crippen LogP contribution in [0.25, 0.3) is 0 Å². The first-order valence-corrected chi connectivity index (χ1v) is 6.81. The fourth-order valence-electron chi connectivity index (χ4n) is 1.72. The molecule has 2 aromatic rings. The summed E-state index contributed by atoms with van der Waals surface area (Å²) >= 11 is 1.45. The van der Waals surface area contributed by atoms with Gasteiger partial charge >= 0.3 is 0 Å². The van der Waals surface area contributed by atoms with E-state index in [9.17, 15) is 4.79 Å². The third-order valence-electron chi connectivity index (χ3n) is 2.49. The van der Waals surface area contributed by atoms with Gasteiger partial charge in [0.2, 0.25) is 5.78 Å². The Morgan fingerprint density at radius 1 is 1.28 bits per heavy atom. The topological polar surface area (TPSA) is 26.3 Å². The molecule has 0 saturated heterocycles. The second-order valence-corrected chi connectivity index (χ2v) is 5.42. The van der Waals surface area contributed by atoms with Crippen LogP contribution in [0.4, 0.5) is 0 Å². The lowest BCUT2D eigenvalue weighted by molar-refractivity contribution is 0.103. The summed E-state index contributed by atoms with van der Waals surface area (Å²) in [6.07, 6.45) is 0.0580. The quantitative estimate of drug-likeness (QED) is 0.774. The van der Waals surface area contributed by atoms with E-state index in [2.05, 4.69) is 0 Å². The van der Waals surface area contributed by atoms with Crippen molar-refractivity contribution in [1.29, 1.82) is 0 Å². The van der Waals surface area contributed by atoms with Crippen molar-refractivity contribution in [3.63, 3.8) is 0 Å². The van der Waals surface area contributed by atoms with Crippen LogP contribution in [0.15, 0.2) is 35.7 Å². The molecule has 0 aliphatic carbocycles. The molecule has 2 nitrogen and oxygen atoms in total. The normalized spacial score (nSPS) is 10.7. The van der Waals surface area contributed by atoms with Crippen LogP contribution >= 0.6 is 11.3 Å². The molecule has 1 heterocycles. The number of aryl methyl sites for hydroxylation is 1. The number of benzene rings is 1. The number of thiophene rings is 1. The van der Waals surface area contributed by atoms with E-state index in [0.717, 1.165) is 10.4 Å². The van der Waals surface area contributed by atoms with Gasteiger partial charge in [0.25, 0.3) is 0 Å². The Bertz CT molecular complexity index is 542. The Morgan fingerprint density at radius 3 is 2.67 bits per heavy atom. The highest BCUT2D eigenvalue weighted by atomic mass is 32.1. The first kappa shape index (κ1) is 12.8. The minimum atomic E-state index is 0.0318. The third kappa shape index (κ3) is 2.79. The molecule has 0 atom stereocenters. The van der Waals surface area contributed by atoms with E-state index in [1.165, 1.54) is 11.3 Å². The zero-order valence-electron chi connectivity index (χ0n) is 10.8. The van der Waals surface area contributed by atoms with Crippen LogP contribution in [0.3, 0.4) is 0 Å². The first-order chi connectivity index (χ1) is 8.58. The summed E-state index contributed by atoms with van der Waals surface area (Å²) in [4.78, 5) is 13.1. The molecule has 0 amide bonds. The maximum atomic E-state index is 12.4. The van der Waals surface area contributed by atoms with Crippen LogP contribution in [0.2, 0.25) is 0 Å². The molecule has 0 unspecified atom stereocenters. The van der Waals surface area contributed by atoms with E-state index in [1.807, 2.05) is 56.5 Å². The fourth-order valence-corrected chi connectivity index (χ4v) is 2.40.